The fourth-order valence-electron chi connectivity index (χ4n) is 9.86. The summed E-state index contributed by atoms with van der Waals surface area (Å²) in [5.41, 5.74) is 20.1. The molecule has 0 aliphatic heterocycles. The van der Waals surface area contributed by atoms with Crippen LogP contribution >= 0.6 is 0 Å². The molecule has 10 aromatic rings. The Kier molecular flexibility index (Phi) is 12.0. The molecule has 10 aromatic carbocycles. The van der Waals surface area contributed by atoms with Gasteiger partial charge in [-0.2, -0.15) is 0 Å². The molecule has 0 amide bonds. The summed E-state index contributed by atoms with van der Waals surface area (Å²) in [6, 6.07) is 98.5. The maximum atomic E-state index is 2.47. The highest BCUT2D eigenvalue weighted by molar-refractivity contribution is 5.93. The highest BCUT2D eigenvalue weighted by Crippen LogP contribution is 2.47. The molecule has 2 nitrogen and oxygen atoms in total. The van der Waals surface area contributed by atoms with Crippen LogP contribution < -0.4 is 9.80 Å². The van der Waals surface area contributed by atoms with Crippen molar-refractivity contribution < 1.29 is 0 Å². The highest BCUT2D eigenvalue weighted by Gasteiger charge is 2.28. The average Bonchev–Trinajstić information content (AvgIpc) is 3.43. The predicted molar refractivity (Wildman–Crippen MR) is 288 cm³/mol. The van der Waals surface area contributed by atoms with Gasteiger partial charge in [0, 0.05) is 39.8 Å². The van der Waals surface area contributed by atoms with Crippen LogP contribution in [0.25, 0.3) is 50.1 Å². The van der Waals surface area contributed by atoms with Gasteiger partial charge in [0.15, 0.2) is 0 Å². The van der Waals surface area contributed by atoms with Gasteiger partial charge >= 0.3 is 0 Å². The lowest BCUT2D eigenvalue weighted by molar-refractivity contribution is 0.811. The quantitative estimate of drug-likeness (QED) is 0.121. The Morgan fingerprint density at radius 3 is 1.24 bits per heavy atom. The van der Waals surface area contributed by atoms with Crippen LogP contribution in [0.2, 0.25) is 0 Å². The molecule has 1 aliphatic carbocycles. The number of nitrogens with zero attached hydrogens (tertiary/aromatic N) is 2. The van der Waals surface area contributed by atoms with E-state index in [0.29, 0.717) is 0 Å². The zero-order valence-electron chi connectivity index (χ0n) is 37.8. The Balaban J connectivity index is 0.991. The van der Waals surface area contributed by atoms with Crippen molar-refractivity contribution in [2.45, 2.75) is 12.3 Å². The first-order valence-corrected chi connectivity index (χ1v) is 23.5. The van der Waals surface area contributed by atoms with E-state index in [1.165, 1.54) is 50.2 Å². The molecule has 0 bridgehead atoms. The Hall–Kier alpha value is -8.72. The Labute approximate surface area is 400 Å². The van der Waals surface area contributed by atoms with Crippen molar-refractivity contribution >= 4 is 34.0 Å². The van der Waals surface area contributed by atoms with E-state index in [0.717, 1.165) is 51.5 Å². The summed E-state index contributed by atoms with van der Waals surface area (Å²) in [5.74, 6) is 0.193. The highest BCUT2D eigenvalue weighted by atomic mass is 15.2. The molecule has 1 unspecified atom stereocenters. The minimum absolute atomic E-state index is 0.193. The van der Waals surface area contributed by atoms with E-state index in [4.69, 9.17) is 0 Å². The van der Waals surface area contributed by atoms with E-state index in [2.05, 4.69) is 295 Å². The van der Waals surface area contributed by atoms with Crippen LogP contribution in [-0.4, -0.2) is 0 Å². The van der Waals surface area contributed by atoms with Gasteiger partial charge < -0.3 is 9.80 Å². The van der Waals surface area contributed by atoms with Gasteiger partial charge in [-0.25, -0.2) is 0 Å². The lowest BCUT2D eigenvalue weighted by atomic mass is 9.80. The molecule has 0 heterocycles. The molecule has 0 spiro atoms. The summed E-state index contributed by atoms with van der Waals surface area (Å²) < 4.78 is 0. The number of benzene rings is 10. The number of para-hydroxylation sites is 4. The summed E-state index contributed by atoms with van der Waals surface area (Å²) in [7, 11) is 0. The van der Waals surface area contributed by atoms with E-state index >= 15 is 0 Å². The molecule has 0 aromatic heterocycles. The van der Waals surface area contributed by atoms with Crippen molar-refractivity contribution in [3.05, 3.63) is 302 Å². The third-order valence-electron chi connectivity index (χ3n) is 13.1. The van der Waals surface area contributed by atoms with Crippen molar-refractivity contribution in [2.24, 2.45) is 0 Å². The van der Waals surface area contributed by atoms with Crippen LogP contribution in [0.15, 0.2) is 291 Å². The molecule has 0 fully saturated rings. The van der Waals surface area contributed by atoms with Crippen molar-refractivity contribution in [1.29, 1.82) is 0 Å². The first-order valence-electron chi connectivity index (χ1n) is 23.5. The van der Waals surface area contributed by atoms with Crippen molar-refractivity contribution in [3.63, 3.8) is 0 Å². The standard InChI is InChI=1S/C66H50N2/c1-7-23-49(24-8-1)59-45-43-57(47-63(59)51-27-11-3-12-28-51)67(55-31-15-5-16-32-55)65-37-21-19-35-61(65)53-39-41-54(42-40-53)62-36-20-22-38-66(62)68(56-33-17-6-18-34-56)58-44-46-60(50-25-9-2-10-26-50)64(48-58)52-29-13-4-14-30-52/h1-47,64H,48H2. The van der Waals surface area contributed by atoms with E-state index in [9.17, 15) is 0 Å². The largest absolute Gasteiger partial charge is 0.314 e. The molecular weight excluding hydrogens is 821 g/mol. The van der Waals surface area contributed by atoms with Gasteiger partial charge in [-0.15, -0.1) is 0 Å². The van der Waals surface area contributed by atoms with E-state index < -0.39 is 0 Å². The van der Waals surface area contributed by atoms with Crippen LogP contribution in [0.5, 0.6) is 0 Å². The second-order valence-electron chi connectivity index (χ2n) is 17.2. The zero-order chi connectivity index (χ0) is 45.5. The summed E-state index contributed by atoms with van der Waals surface area (Å²) in [6.45, 7) is 0. The van der Waals surface area contributed by atoms with Crippen molar-refractivity contribution in [3.8, 4) is 44.5 Å². The van der Waals surface area contributed by atoms with Crippen molar-refractivity contribution in [1.82, 2.24) is 0 Å². The minimum Gasteiger partial charge on any atom is -0.314 e. The molecular formula is C66H50N2. The number of rotatable bonds is 12. The van der Waals surface area contributed by atoms with Gasteiger partial charge in [0.1, 0.15) is 0 Å². The Morgan fingerprint density at radius 1 is 0.279 bits per heavy atom. The molecule has 11 rings (SSSR count). The van der Waals surface area contributed by atoms with Crippen LogP contribution in [0.1, 0.15) is 23.5 Å². The van der Waals surface area contributed by atoms with Gasteiger partial charge in [0.25, 0.3) is 0 Å². The van der Waals surface area contributed by atoms with Gasteiger partial charge in [-0.1, -0.05) is 231 Å². The second kappa shape index (κ2) is 19.4. The molecule has 68 heavy (non-hydrogen) atoms. The third-order valence-corrected chi connectivity index (χ3v) is 13.1. The van der Waals surface area contributed by atoms with Gasteiger partial charge in [-0.05, 0) is 111 Å². The first kappa shape index (κ1) is 41.9. The number of hydrogen-bond acceptors (Lipinski definition) is 2. The predicted octanol–water partition coefficient (Wildman–Crippen LogP) is 18.1. The van der Waals surface area contributed by atoms with Crippen LogP contribution in [-0.2, 0) is 0 Å². The van der Waals surface area contributed by atoms with Gasteiger partial charge in [-0.3, -0.25) is 0 Å². The molecule has 1 aliphatic rings. The lowest BCUT2D eigenvalue weighted by Crippen LogP contribution is -2.21. The van der Waals surface area contributed by atoms with E-state index in [1.54, 1.807) is 0 Å². The first-order chi connectivity index (χ1) is 33.8. The van der Waals surface area contributed by atoms with Crippen LogP contribution in [0, 0.1) is 0 Å². The molecule has 0 N–H and O–H groups in total. The van der Waals surface area contributed by atoms with E-state index in [-0.39, 0.29) is 5.92 Å². The Morgan fingerprint density at radius 2 is 0.691 bits per heavy atom. The minimum atomic E-state index is 0.193. The molecule has 2 heteroatoms. The van der Waals surface area contributed by atoms with E-state index in [1.807, 2.05) is 0 Å². The molecule has 1 atom stereocenters. The number of hydrogen-bond donors (Lipinski definition) is 0. The van der Waals surface area contributed by atoms with Gasteiger partial charge in [0.05, 0.1) is 11.4 Å². The lowest BCUT2D eigenvalue weighted by Gasteiger charge is -2.35. The normalized spacial score (nSPS) is 13.3. The van der Waals surface area contributed by atoms with Crippen LogP contribution in [0.3, 0.4) is 0 Å². The fraction of sp³-hybridized carbons (Fsp3) is 0.0303. The van der Waals surface area contributed by atoms with Crippen LogP contribution in [0.4, 0.5) is 28.4 Å². The SMILES string of the molecule is C1=C(c2ccccc2)C(c2ccccc2)CC(N(c2ccccc2)c2ccccc2-c2ccc(-c3ccccc3N(c3ccccc3)c3ccc(-c4ccccc4)c(-c4ccccc4)c3)cc2)=C1. The smallest absolute Gasteiger partial charge is 0.0540 e. The number of anilines is 5. The molecule has 324 valence electrons. The topological polar surface area (TPSA) is 6.48 Å². The third kappa shape index (κ3) is 8.60. The summed E-state index contributed by atoms with van der Waals surface area (Å²) in [6.07, 6.45) is 5.53. The summed E-state index contributed by atoms with van der Waals surface area (Å²) in [4.78, 5) is 4.87. The summed E-state index contributed by atoms with van der Waals surface area (Å²) >= 11 is 0. The second-order valence-corrected chi connectivity index (χ2v) is 17.2. The molecule has 0 radical (unpaired) electrons. The van der Waals surface area contributed by atoms with Gasteiger partial charge in [0.2, 0.25) is 0 Å². The zero-order valence-corrected chi connectivity index (χ0v) is 37.8. The Bertz CT molecular complexity index is 3330. The van der Waals surface area contributed by atoms with Crippen molar-refractivity contribution in [2.75, 3.05) is 9.80 Å². The monoisotopic (exact) mass is 870 g/mol. The fourth-order valence-corrected chi connectivity index (χ4v) is 9.86. The molecule has 0 saturated carbocycles. The molecule has 0 saturated heterocycles. The average molecular weight is 871 g/mol. The maximum Gasteiger partial charge on any atom is 0.0540 e. The number of allylic oxidation sites excluding steroid dienone is 4. The summed E-state index contributed by atoms with van der Waals surface area (Å²) in [5, 5.41) is 0. The maximum absolute atomic E-state index is 2.47.